The molecular formula is C4H8FNO2. The Kier molecular flexibility index (Phi) is 2.91. The first-order chi connectivity index (χ1) is 3.66. The molecule has 8 heavy (non-hydrogen) atoms. The normalized spacial score (nSPS) is 12.8. The van der Waals surface area contributed by atoms with E-state index in [-0.39, 0.29) is 6.42 Å². The molecule has 0 rings (SSSR count). The number of carbonyl (C=O) groups excluding carboxylic acids is 1. The van der Waals surface area contributed by atoms with Crippen molar-refractivity contribution >= 4 is 6.09 Å². The SMILES string of the molecule is CCC(F)OC(N)=O. The molecule has 0 saturated heterocycles. The lowest BCUT2D eigenvalue weighted by atomic mass is 10.5. The van der Waals surface area contributed by atoms with Crippen LogP contribution in [0, 0.1) is 0 Å². The lowest BCUT2D eigenvalue weighted by Gasteiger charge is -2.01. The van der Waals surface area contributed by atoms with E-state index in [1.807, 2.05) is 0 Å². The van der Waals surface area contributed by atoms with Crippen LogP contribution in [0.25, 0.3) is 0 Å². The van der Waals surface area contributed by atoms with E-state index in [9.17, 15) is 9.18 Å². The first-order valence-corrected chi connectivity index (χ1v) is 2.27. The van der Waals surface area contributed by atoms with Gasteiger partial charge >= 0.3 is 6.09 Å². The van der Waals surface area contributed by atoms with Gasteiger partial charge in [0.25, 0.3) is 0 Å². The quantitative estimate of drug-likeness (QED) is 0.587. The highest BCUT2D eigenvalue weighted by Gasteiger charge is 2.04. The van der Waals surface area contributed by atoms with Crippen LogP contribution in [-0.4, -0.2) is 12.5 Å². The average Bonchev–Trinajstić information content (AvgIpc) is 1.65. The van der Waals surface area contributed by atoms with E-state index in [0.29, 0.717) is 0 Å². The maximum absolute atomic E-state index is 11.9. The van der Waals surface area contributed by atoms with Crippen molar-refractivity contribution in [3.63, 3.8) is 0 Å². The second-order valence-corrected chi connectivity index (χ2v) is 1.26. The van der Waals surface area contributed by atoms with E-state index >= 15 is 0 Å². The maximum atomic E-state index is 11.9. The van der Waals surface area contributed by atoms with Crippen LogP contribution in [0.1, 0.15) is 13.3 Å². The van der Waals surface area contributed by atoms with E-state index < -0.39 is 12.5 Å². The van der Waals surface area contributed by atoms with Gasteiger partial charge in [-0.25, -0.2) is 9.18 Å². The van der Waals surface area contributed by atoms with Gasteiger partial charge in [0.2, 0.25) is 6.36 Å². The Morgan fingerprint density at radius 2 is 2.50 bits per heavy atom. The number of hydrogen-bond donors (Lipinski definition) is 1. The van der Waals surface area contributed by atoms with Gasteiger partial charge < -0.3 is 10.5 Å². The standard InChI is InChI=1S/C4H8FNO2/c1-2-3(5)8-4(6)7/h3H,2H2,1H3,(H2,6,7). The van der Waals surface area contributed by atoms with E-state index in [0.717, 1.165) is 0 Å². The molecule has 0 aliphatic rings. The van der Waals surface area contributed by atoms with Crippen molar-refractivity contribution < 1.29 is 13.9 Å². The molecule has 3 nitrogen and oxygen atoms in total. The van der Waals surface area contributed by atoms with Crippen LogP contribution in [0.15, 0.2) is 0 Å². The van der Waals surface area contributed by atoms with E-state index in [1.54, 1.807) is 6.92 Å². The summed E-state index contributed by atoms with van der Waals surface area (Å²) < 4.78 is 15.7. The number of alkyl halides is 1. The van der Waals surface area contributed by atoms with Crippen molar-refractivity contribution in [2.75, 3.05) is 0 Å². The van der Waals surface area contributed by atoms with E-state index in [1.165, 1.54) is 0 Å². The molecule has 1 unspecified atom stereocenters. The van der Waals surface area contributed by atoms with Crippen molar-refractivity contribution in [3.05, 3.63) is 0 Å². The highest BCUT2D eigenvalue weighted by atomic mass is 19.1. The van der Waals surface area contributed by atoms with E-state index in [2.05, 4.69) is 10.5 Å². The van der Waals surface area contributed by atoms with Crippen LogP contribution in [0.5, 0.6) is 0 Å². The topological polar surface area (TPSA) is 52.3 Å². The van der Waals surface area contributed by atoms with Crippen molar-refractivity contribution in [2.45, 2.75) is 19.7 Å². The number of hydrogen-bond acceptors (Lipinski definition) is 2. The molecule has 0 aromatic heterocycles. The second kappa shape index (κ2) is 3.23. The molecule has 0 aromatic rings. The Morgan fingerprint density at radius 1 is 2.00 bits per heavy atom. The molecule has 0 radical (unpaired) electrons. The molecule has 0 spiro atoms. The predicted molar refractivity (Wildman–Crippen MR) is 25.9 cm³/mol. The Hall–Kier alpha value is -0.800. The lowest BCUT2D eigenvalue weighted by Crippen LogP contribution is -2.18. The van der Waals surface area contributed by atoms with Crippen molar-refractivity contribution in [3.8, 4) is 0 Å². The zero-order valence-electron chi connectivity index (χ0n) is 4.56. The fourth-order valence-corrected chi connectivity index (χ4v) is 0.209. The summed E-state index contributed by atoms with van der Waals surface area (Å²) in [6.07, 6.45) is -2.48. The first-order valence-electron chi connectivity index (χ1n) is 2.27. The fourth-order valence-electron chi connectivity index (χ4n) is 0.209. The molecule has 0 saturated carbocycles. The molecule has 1 atom stereocenters. The number of rotatable bonds is 2. The number of carbonyl (C=O) groups is 1. The highest BCUT2D eigenvalue weighted by Crippen LogP contribution is 1.96. The third-order valence-electron chi connectivity index (χ3n) is 0.565. The maximum Gasteiger partial charge on any atom is 0.407 e. The van der Waals surface area contributed by atoms with Gasteiger partial charge in [-0.05, 0) is 0 Å². The third kappa shape index (κ3) is 3.39. The molecule has 0 aliphatic carbocycles. The van der Waals surface area contributed by atoms with Crippen LogP contribution in [0.3, 0.4) is 0 Å². The number of halogens is 1. The minimum atomic E-state index is -1.55. The molecule has 0 aliphatic heterocycles. The van der Waals surface area contributed by atoms with Gasteiger partial charge in [0.1, 0.15) is 0 Å². The first kappa shape index (κ1) is 7.20. The summed E-state index contributed by atoms with van der Waals surface area (Å²) in [7, 11) is 0. The summed E-state index contributed by atoms with van der Waals surface area (Å²) in [5, 5.41) is 0. The van der Waals surface area contributed by atoms with Crippen LogP contribution >= 0.6 is 0 Å². The summed E-state index contributed by atoms with van der Waals surface area (Å²) in [5.74, 6) is 0. The molecule has 0 bridgehead atoms. The monoisotopic (exact) mass is 121 g/mol. The van der Waals surface area contributed by atoms with Gasteiger partial charge in [-0.2, -0.15) is 0 Å². The molecule has 4 heteroatoms. The highest BCUT2D eigenvalue weighted by molar-refractivity contribution is 5.64. The van der Waals surface area contributed by atoms with Crippen LogP contribution in [0.2, 0.25) is 0 Å². The van der Waals surface area contributed by atoms with Gasteiger partial charge in [0.15, 0.2) is 0 Å². The summed E-state index contributed by atoms with van der Waals surface area (Å²) in [6.45, 7) is 1.55. The molecular weight excluding hydrogens is 113 g/mol. The average molecular weight is 121 g/mol. The van der Waals surface area contributed by atoms with Gasteiger partial charge in [-0.15, -0.1) is 0 Å². The number of primary amides is 1. The van der Waals surface area contributed by atoms with Crippen molar-refractivity contribution in [1.29, 1.82) is 0 Å². The van der Waals surface area contributed by atoms with E-state index in [4.69, 9.17) is 0 Å². The predicted octanol–water partition coefficient (Wildman–Crippen LogP) is 0.787. The minimum absolute atomic E-state index is 0.142. The third-order valence-corrected chi connectivity index (χ3v) is 0.565. The molecule has 0 heterocycles. The zero-order valence-corrected chi connectivity index (χ0v) is 4.56. The van der Waals surface area contributed by atoms with Crippen LogP contribution < -0.4 is 5.73 Å². The van der Waals surface area contributed by atoms with Gasteiger partial charge in [0, 0.05) is 6.42 Å². The Balaban J connectivity index is 3.24. The number of ether oxygens (including phenoxy) is 1. The molecule has 0 aromatic carbocycles. The Morgan fingerprint density at radius 3 is 2.62 bits per heavy atom. The minimum Gasteiger partial charge on any atom is -0.415 e. The molecule has 2 N–H and O–H groups in total. The van der Waals surface area contributed by atoms with Gasteiger partial charge in [-0.3, -0.25) is 0 Å². The van der Waals surface area contributed by atoms with Crippen LogP contribution in [0.4, 0.5) is 9.18 Å². The molecule has 1 amide bonds. The number of nitrogens with two attached hydrogens (primary N) is 1. The summed E-state index contributed by atoms with van der Waals surface area (Å²) in [6, 6.07) is 0. The zero-order chi connectivity index (χ0) is 6.57. The largest absolute Gasteiger partial charge is 0.415 e. The summed E-state index contributed by atoms with van der Waals surface area (Å²) in [4.78, 5) is 9.73. The molecule has 0 fully saturated rings. The smallest absolute Gasteiger partial charge is 0.407 e. The molecule has 48 valence electrons. The Labute approximate surface area is 46.6 Å². The van der Waals surface area contributed by atoms with Crippen molar-refractivity contribution in [1.82, 2.24) is 0 Å². The Bertz CT molecular complexity index is 86.1. The van der Waals surface area contributed by atoms with Crippen molar-refractivity contribution in [2.24, 2.45) is 5.73 Å². The van der Waals surface area contributed by atoms with Gasteiger partial charge in [0.05, 0.1) is 0 Å². The fraction of sp³-hybridized carbons (Fsp3) is 0.750. The van der Waals surface area contributed by atoms with Crippen LogP contribution in [-0.2, 0) is 4.74 Å². The number of amides is 1. The van der Waals surface area contributed by atoms with Gasteiger partial charge in [-0.1, -0.05) is 6.92 Å². The second-order valence-electron chi connectivity index (χ2n) is 1.26. The lowest BCUT2D eigenvalue weighted by molar-refractivity contribution is 0.0172. The summed E-state index contributed by atoms with van der Waals surface area (Å²) in [5.41, 5.74) is 4.47. The summed E-state index contributed by atoms with van der Waals surface area (Å²) >= 11 is 0.